The van der Waals surface area contributed by atoms with Crippen LogP contribution in [0.5, 0.6) is 0 Å². The smallest absolute Gasteiger partial charge is 0.259 e. The summed E-state index contributed by atoms with van der Waals surface area (Å²) in [6.45, 7) is 4.11. The molecule has 0 radical (unpaired) electrons. The minimum Gasteiger partial charge on any atom is -0.336 e. The van der Waals surface area contributed by atoms with Crippen molar-refractivity contribution in [3.63, 3.8) is 0 Å². The van der Waals surface area contributed by atoms with Gasteiger partial charge in [0.2, 0.25) is 0 Å². The molecule has 0 bridgehead atoms. The van der Waals surface area contributed by atoms with Gasteiger partial charge in [-0.2, -0.15) is 0 Å². The van der Waals surface area contributed by atoms with Crippen LogP contribution >= 0.6 is 0 Å². The summed E-state index contributed by atoms with van der Waals surface area (Å²) in [4.78, 5) is 12.6. The molecule has 0 saturated carbocycles. The Labute approximate surface area is 153 Å². The molecule has 3 heterocycles. The van der Waals surface area contributed by atoms with Crippen molar-refractivity contribution in [2.75, 3.05) is 0 Å². The fourth-order valence-electron chi connectivity index (χ4n) is 2.63. The fourth-order valence-corrected chi connectivity index (χ4v) is 3.64. The molecule has 0 unspecified atom stereocenters. The standard InChI is InChI=1S/C18H21N5O2S/c1-13(2)18-22-17(12-23(18)3)26(24,25)21-10-14-6-8-20-16(9-14)15-5-4-7-19-11-15/h4-9,11-13,21H,10H2,1-3H3. The molecule has 0 aliphatic rings. The van der Waals surface area contributed by atoms with Crippen LogP contribution in [-0.4, -0.2) is 27.9 Å². The van der Waals surface area contributed by atoms with Crippen LogP contribution in [0.1, 0.15) is 31.2 Å². The first-order chi connectivity index (χ1) is 12.4. The molecule has 0 aliphatic heterocycles. The van der Waals surface area contributed by atoms with Gasteiger partial charge in [0.1, 0.15) is 5.82 Å². The Bertz CT molecular complexity index is 997. The van der Waals surface area contributed by atoms with E-state index in [9.17, 15) is 8.42 Å². The molecule has 0 atom stereocenters. The average molecular weight is 371 g/mol. The first-order valence-electron chi connectivity index (χ1n) is 8.25. The number of aryl methyl sites for hydroxylation is 1. The maximum Gasteiger partial charge on any atom is 0.259 e. The third-order valence-corrected chi connectivity index (χ3v) is 5.20. The first kappa shape index (κ1) is 18.2. The van der Waals surface area contributed by atoms with Crippen molar-refractivity contribution >= 4 is 10.0 Å². The Kier molecular flexibility index (Phi) is 5.15. The Morgan fingerprint density at radius 1 is 1.23 bits per heavy atom. The molecule has 26 heavy (non-hydrogen) atoms. The van der Waals surface area contributed by atoms with Gasteiger partial charge >= 0.3 is 0 Å². The third-order valence-electron chi connectivity index (χ3n) is 3.93. The van der Waals surface area contributed by atoms with Gasteiger partial charge in [0.05, 0.1) is 5.69 Å². The second-order valence-electron chi connectivity index (χ2n) is 6.32. The molecule has 7 nitrogen and oxygen atoms in total. The lowest BCUT2D eigenvalue weighted by atomic mass is 10.1. The second kappa shape index (κ2) is 7.35. The van der Waals surface area contributed by atoms with Gasteiger partial charge in [-0.15, -0.1) is 0 Å². The van der Waals surface area contributed by atoms with Crippen molar-refractivity contribution in [2.45, 2.75) is 31.3 Å². The Hall–Kier alpha value is -2.58. The van der Waals surface area contributed by atoms with Crippen LogP contribution in [0.3, 0.4) is 0 Å². The SMILES string of the molecule is CC(C)c1nc(S(=O)(=O)NCc2ccnc(-c3cccnc3)c2)cn1C. The zero-order valence-corrected chi connectivity index (χ0v) is 15.7. The van der Waals surface area contributed by atoms with E-state index in [0.29, 0.717) is 0 Å². The molecule has 1 N–H and O–H groups in total. The number of hydrogen-bond donors (Lipinski definition) is 1. The van der Waals surface area contributed by atoms with Gasteiger partial charge in [0, 0.05) is 49.9 Å². The maximum atomic E-state index is 12.5. The van der Waals surface area contributed by atoms with Gasteiger partial charge < -0.3 is 4.57 Å². The quantitative estimate of drug-likeness (QED) is 0.719. The molecular formula is C18H21N5O2S. The largest absolute Gasteiger partial charge is 0.336 e. The first-order valence-corrected chi connectivity index (χ1v) is 9.73. The van der Waals surface area contributed by atoms with E-state index in [4.69, 9.17) is 0 Å². The predicted octanol–water partition coefficient (Wildman–Crippen LogP) is 2.48. The van der Waals surface area contributed by atoms with Crippen LogP contribution in [0.25, 0.3) is 11.3 Å². The lowest BCUT2D eigenvalue weighted by Crippen LogP contribution is -2.23. The summed E-state index contributed by atoms with van der Waals surface area (Å²) < 4.78 is 29.4. The number of imidazole rings is 1. The van der Waals surface area contributed by atoms with Gasteiger partial charge in [-0.3, -0.25) is 9.97 Å². The number of hydrogen-bond acceptors (Lipinski definition) is 5. The normalized spacial score (nSPS) is 11.8. The van der Waals surface area contributed by atoms with Crippen LogP contribution in [0.4, 0.5) is 0 Å². The zero-order valence-electron chi connectivity index (χ0n) is 14.9. The van der Waals surface area contributed by atoms with E-state index in [1.807, 2.05) is 32.0 Å². The van der Waals surface area contributed by atoms with E-state index in [2.05, 4.69) is 19.7 Å². The molecule has 0 aromatic carbocycles. The van der Waals surface area contributed by atoms with Crippen molar-refractivity contribution in [1.29, 1.82) is 0 Å². The van der Waals surface area contributed by atoms with Crippen LogP contribution in [0, 0.1) is 0 Å². The van der Waals surface area contributed by atoms with Gasteiger partial charge in [-0.05, 0) is 29.8 Å². The second-order valence-corrected chi connectivity index (χ2v) is 8.03. The van der Waals surface area contributed by atoms with Crippen molar-refractivity contribution in [3.05, 3.63) is 60.4 Å². The lowest BCUT2D eigenvalue weighted by Gasteiger charge is -2.06. The summed E-state index contributed by atoms with van der Waals surface area (Å²) in [5, 5.41) is 0.0326. The molecule has 136 valence electrons. The topological polar surface area (TPSA) is 89.8 Å². The van der Waals surface area contributed by atoms with Crippen LogP contribution in [-0.2, 0) is 23.6 Å². The van der Waals surface area contributed by atoms with Crippen LogP contribution in [0.2, 0.25) is 0 Å². The van der Waals surface area contributed by atoms with Crippen molar-refractivity contribution in [1.82, 2.24) is 24.2 Å². The number of nitrogens with zero attached hydrogens (tertiary/aromatic N) is 4. The molecule has 3 aromatic heterocycles. The van der Waals surface area contributed by atoms with E-state index in [1.54, 1.807) is 36.3 Å². The van der Waals surface area contributed by atoms with Crippen LogP contribution < -0.4 is 4.72 Å². The van der Waals surface area contributed by atoms with Crippen molar-refractivity contribution in [2.24, 2.45) is 7.05 Å². The van der Waals surface area contributed by atoms with E-state index < -0.39 is 10.0 Å². The number of rotatable bonds is 6. The molecule has 3 aromatic rings. The highest BCUT2D eigenvalue weighted by atomic mass is 32.2. The summed E-state index contributed by atoms with van der Waals surface area (Å²) in [5.74, 6) is 0.874. The minimum absolute atomic E-state index is 0.0326. The van der Waals surface area contributed by atoms with Crippen molar-refractivity contribution in [3.8, 4) is 11.3 Å². The van der Waals surface area contributed by atoms with Crippen molar-refractivity contribution < 1.29 is 8.42 Å². The van der Waals surface area contributed by atoms with Gasteiger partial charge in [-0.1, -0.05) is 13.8 Å². The predicted molar refractivity (Wildman–Crippen MR) is 98.8 cm³/mol. The molecule has 0 spiro atoms. The number of aromatic nitrogens is 4. The lowest BCUT2D eigenvalue weighted by molar-refractivity contribution is 0.577. The minimum atomic E-state index is -3.69. The highest BCUT2D eigenvalue weighted by Crippen LogP contribution is 2.18. The molecule has 0 saturated heterocycles. The number of nitrogens with one attached hydrogen (secondary N) is 1. The van der Waals surface area contributed by atoms with Gasteiger partial charge in [-0.25, -0.2) is 18.1 Å². The molecule has 0 fully saturated rings. The van der Waals surface area contributed by atoms with E-state index in [0.717, 1.165) is 22.6 Å². The number of pyridine rings is 2. The Balaban J connectivity index is 1.77. The molecule has 0 amide bonds. The molecule has 0 aliphatic carbocycles. The highest BCUT2D eigenvalue weighted by molar-refractivity contribution is 7.89. The Morgan fingerprint density at radius 2 is 2.04 bits per heavy atom. The average Bonchev–Trinajstić information content (AvgIpc) is 3.04. The summed E-state index contributed by atoms with van der Waals surface area (Å²) in [6, 6.07) is 7.36. The fraction of sp³-hybridized carbons (Fsp3) is 0.278. The van der Waals surface area contributed by atoms with E-state index in [1.165, 1.54) is 6.20 Å². The molecule has 3 rings (SSSR count). The monoisotopic (exact) mass is 371 g/mol. The summed E-state index contributed by atoms with van der Waals surface area (Å²) in [5.41, 5.74) is 2.43. The number of sulfonamides is 1. The zero-order chi connectivity index (χ0) is 18.7. The Morgan fingerprint density at radius 3 is 2.69 bits per heavy atom. The van der Waals surface area contributed by atoms with E-state index in [-0.39, 0.29) is 17.5 Å². The maximum absolute atomic E-state index is 12.5. The van der Waals surface area contributed by atoms with Crippen LogP contribution in [0.15, 0.2) is 54.1 Å². The van der Waals surface area contributed by atoms with Gasteiger partial charge in [0.25, 0.3) is 10.0 Å². The molecule has 8 heteroatoms. The summed E-state index contributed by atoms with van der Waals surface area (Å²) >= 11 is 0. The molecular weight excluding hydrogens is 350 g/mol. The highest BCUT2D eigenvalue weighted by Gasteiger charge is 2.20. The van der Waals surface area contributed by atoms with Gasteiger partial charge in [0.15, 0.2) is 5.03 Å². The third kappa shape index (κ3) is 3.97. The van der Waals surface area contributed by atoms with E-state index >= 15 is 0 Å². The summed E-state index contributed by atoms with van der Waals surface area (Å²) in [6.07, 6.45) is 6.60. The summed E-state index contributed by atoms with van der Waals surface area (Å²) in [7, 11) is -1.89.